The fourth-order valence-electron chi connectivity index (χ4n) is 1.34. The van der Waals surface area contributed by atoms with E-state index in [2.05, 4.69) is 15.2 Å². The van der Waals surface area contributed by atoms with Gasteiger partial charge in [0.1, 0.15) is 5.69 Å². The maximum atomic E-state index is 5.40. The van der Waals surface area contributed by atoms with Crippen LogP contribution in [0.5, 0.6) is 0 Å². The van der Waals surface area contributed by atoms with E-state index in [0.717, 1.165) is 17.8 Å². The predicted octanol–water partition coefficient (Wildman–Crippen LogP) is 0.491. The number of hydrogen-bond acceptors (Lipinski definition) is 5. The normalized spacial score (nSPS) is 10.9. The summed E-state index contributed by atoms with van der Waals surface area (Å²) < 4.78 is 6.81. The van der Waals surface area contributed by atoms with E-state index in [9.17, 15) is 0 Å². The molecule has 0 amide bonds. The first kappa shape index (κ1) is 9.85. The van der Waals surface area contributed by atoms with Crippen LogP contribution in [0, 0.1) is 0 Å². The lowest BCUT2D eigenvalue weighted by Crippen LogP contribution is -1.98. The zero-order chi connectivity index (χ0) is 10.8. The molecule has 6 heteroatoms. The van der Waals surface area contributed by atoms with Gasteiger partial charge in [-0.1, -0.05) is 12.1 Å². The molecule has 0 aromatic carbocycles. The number of rotatable bonds is 3. The van der Waals surface area contributed by atoms with Gasteiger partial charge in [0.15, 0.2) is 5.82 Å². The zero-order valence-corrected chi connectivity index (χ0v) is 8.77. The Labute approximate surface area is 87.1 Å². The van der Waals surface area contributed by atoms with Crippen molar-refractivity contribution in [1.82, 2.24) is 19.9 Å². The molecule has 0 aliphatic rings. The van der Waals surface area contributed by atoms with E-state index >= 15 is 0 Å². The van der Waals surface area contributed by atoms with E-state index in [-0.39, 0.29) is 6.54 Å². The largest absolute Gasteiger partial charge is 0.332 e. The second kappa shape index (κ2) is 3.82. The zero-order valence-electron chi connectivity index (χ0n) is 8.77. The van der Waals surface area contributed by atoms with Crippen molar-refractivity contribution < 1.29 is 4.52 Å². The summed E-state index contributed by atoms with van der Waals surface area (Å²) in [6.45, 7) is 2.33. The first-order valence-electron chi connectivity index (χ1n) is 4.80. The minimum Gasteiger partial charge on any atom is -0.332 e. The highest BCUT2D eigenvalue weighted by Gasteiger charge is 2.13. The molecule has 80 valence electrons. The Morgan fingerprint density at radius 2 is 2.33 bits per heavy atom. The lowest BCUT2D eigenvalue weighted by molar-refractivity contribution is 0.419. The van der Waals surface area contributed by atoms with E-state index < -0.39 is 0 Å². The molecule has 0 atom stereocenters. The molecule has 0 aliphatic carbocycles. The number of nitrogens with zero attached hydrogens (tertiary/aromatic N) is 4. The molecule has 2 heterocycles. The van der Waals surface area contributed by atoms with Crippen LogP contribution in [0.3, 0.4) is 0 Å². The average Bonchev–Trinajstić information content (AvgIpc) is 2.83. The summed E-state index contributed by atoms with van der Waals surface area (Å²) in [7, 11) is 1.85. The third kappa shape index (κ3) is 1.75. The third-order valence-corrected chi connectivity index (χ3v) is 2.16. The van der Waals surface area contributed by atoms with Gasteiger partial charge >= 0.3 is 0 Å². The van der Waals surface area contributed by atoms with Gasteiger partial charge in [-0.05, 0) is 12.5 Å². The Morgan fingerprint density at radius 3 is 2.87 bits per heavy atom. The Hall–Kier alpha value is -1.69. The van der Waals surface area contributed by atoms with Crippen LogP contribution in [0.2, 0.25) is 0 Å². The van der Waals surface area contributed by atoms with Crippen molar-refractivity contribution in [3.05, 3.63) is 17.6 Å². The fourth-order valence-corrected chi connectivity index (χ4v) is 1.34. The van der Waals surface area contributed by atoms with E-state index in [0.29, 0.717) is 11.7 Å². The van der Waals surface area contributed by atoms with Crippen molar-refractivity contribution in [3.8, 4) is 11.6 Å². The molecule has 0 saturated carbocycles. The summed E-state index contributed by atoms with van der Waals surface area (Å²) in [5.41, 5.74) is 7.22. The summed E-state index contributed by atoms with van der Waals surface area (Å²) in [4.78, 5) is 4.14. The molecule has 0 unspecified atom stereocenters. The molecule has 0 fully saturated rings. The quantitative estimate of drug-likeness (QED) is 0.792. The van der Waals surface area contributed by atoms with E-state index in [4.69, 9.17) is 10.3 Å². The van der Waals surface area contributed by atoms with Crippen LogP contribution in [0.25, 0.3) is 11.6 Å². The Bertz CT molecular complexity index is 459. The smallest absolute Gasteiger partial charge is 0.276 e. The minimum absolute atomic E-state index is 0.280. The fraction of sp³-hybridized carbons (Fsp3) is 0.444. The van der Waals surface area contributed by atoms with Crippen molar-refractivity contribution in [2.24, 2.45) is 12.8 Å². The number of aromatic nitrogens is 4. The first-order valence-corrected chi connectivity index (χ1v) is 4.80. The van der Waals surface area contributed by atoms with Crippen LogP contribution in [0.4, 0.5) is 0 Å². The van der Waals surface area contributed by atoms with Gasteiger partial charge in [0.2, 0.25) is 0 Å². The SMILES string of the molecule is CCc1cc(-c2nc(CN)no2)n(C)n1. The number of nitrogens with two attached hydrogens (primary N) is 1. The summed E-state index contributed by atoms with van der Waals surface area (Å²) in [6.07, 6.45) is 0.881. The summed E-state index contributed by atoms with van der Waals surface area (Å²) in [6, 6.07) is 1.94. The van der Waals surface area contributed by atoms with Crippen molar-refractivity contribution in [3.63, 3.8) is 0 Å². The van der Waals surface area contributed by atoms with Crippen LogP contribution in [-0.2, 0) is 20.0 Å². The van der Waals surface area contributed by atoms with Crippen LogP contribution in [0.15, 0.2) is 10.6 Å². The second-order valence-electron chi connectivity index (χ2n) is 3.22. The monoisotopic (exact) mass is 207 g/mol. The Kier molecular flexibility index (Phi) is 2.51. The highest BCUT2D eigenvalue weighted by molar-refractivity contribution is 5.47. The molecular formula is C9H13N5O. The summed E-state index contributed by atoms with van der Waals surface area (Å²) >= 11 is 0. The van der Waals surface area contributed by atoms with Crippen molar-refractivity contribution in [2.45, 2.75) is 19.9 Å². The van der Waals surface area contributed by atoms with E-state index in [1.54, 1.807) is 4.68 Å². The highest BCUT2D eigenvalue weighted by atomic mass is 16.5. The Morgan fingerprint density at radius 1 is 1.53 bits per heavy atom. The van der Waals surface area contributed by atoms with Crippen molar-refractivity contribution >= 4 is 0 Å². The second-order valence-corrected chi connectivity index (χ2v) is 3.22. The van der Waals surface area contributed by atoms with Gasteiger partial charge in [0, 0.05) is 7.05 Å². The summed E-state index contributed by atoms with van der Waals surface area (Å²) in [5.74, 6) is 0.967. The number of aryl methyl sites for hydroxylation is 2. The van der Waals surface area contributed by atoms with Crippen LogP contribution < -0.4 is 5.73 Å². The lowest BCUT2D eigenvalue weighted by atomic mass is 10.3. The molecule has 0 bridgehead atoms. The molecule has 15 heavy (non-hydrogen) atoms. The molecule has 0 spiro atoms. The standard InChI is InChI=1S/C9H13N5O/c1-3-6-4-7(14(2)12-6)9-11-8(5-10)13-15-9/h4H,3,5,10H2,1-2H3. The van der Waals surface area contributed by atoms with Crippen LogP contribution in [-0.4, -0.2) is 19.9 Å². The van der Waals surface area contributed by atoms with E-state index in [1.807, 2.05) is 20.0 Å². The lowest BCUT2D eigenvalue weighted by Gasteiger charge is -1.92. The van der Waals surface area contributed by atoms with Gasteiger partial charge < -0.3 is 10.3 Å². The molecular weight excluding hydrogens is 194 g/mol. The topological polar surface area (TPSA) is 82.8 Å². The molecule has 2 aromatic heterocycles. The van der Waals surface area contributed by atoms with Gasteiger partial charge in [-0.2, -0.15) is 10.1 Å². The third-order valence-electron chi connectivity index (χ3n) is 2.16. The minimum atomic E-state index is 0.280. The van der Waals surface area contributed by atoms with Gasteiger partial charge in [-0.25, -0.2) is 0 Å². The van der Waals surface area contributed by atoms with Crippen molar-refractivity contribution in [1.29, 1.82) is 0 Å². The summed E-state index contributed by atoms with van der Waals surface area (Å²) in [5, 5.41) is 8.03. The maximum Gasteiger partial charge on any atom is 0.276 e. The highest BCUT2D eigenvalue weighted by Crippen LogP contribution is 2.17. The molecule has 2 rings (SSSR count). The van der Waals surface area contributed by atoms with E-state index in [1.165, 1.54) is 0 Å². The van der Waals surface area contributed by atoms with Crippen LogP contribution in [0.1, 0.15) is 18.4 Å². The Balaban J connectivity index is 2.39. The van der Waals surface area contributed by atoms with Gasteiger partial charge in [0.25, 0.3) is 5.89 Å². The maximum absolute atomic E-state index is 5.40. The molecule has 0 aliphatic heterocycles. The molecule has 0 radical (unpaired) electrons. The first-order chi connectivity index (χ1) is 7.24. The van der Waals surface area contributed by atoms with Gasteiger partial charge in [-0.15, -0.1) is 0 Å². The van der Waals surface area contributed by atoms with Crippen LogP contribution >= 0.6 is 0 Å². The van der Waals surface area contributed by atoms with Gasteiger partial charge in [0.05, 0.1) is 12.2 Å². The average molecular weight is 207 g/mol. The van der Waals surface area contributed by atoms with Crippen molar-refractivity contribution in [2.75, 3.05) is 0 Å². The molecule has 0 saturated heterocycles. The number of hydrogen-bond donors (Lipinski definition) is 1. The predicted molar refractivity (Wildman–Crippen MR) is 53.8 cm³/mol. The molecule has 2 aromatic rings. The molecule has 2 N–H and O–H groups in total. The van der Waals surface area contributed by atoms with Gasteiger partial charge in [-0.3, -0.25) is 4.68 Å². The molecule has 6 nitrogen and oxygen atoms in total.